The van der Waals surface area contributed by atoms with Crippen LogP contribution in [0.2, 0.25) is 5.28 Å². The fraction of sp³-hybridized carbons (Fsp3) is 0.316. The molecule has 0 aliphatic heterocycles. The molecule has 3 aromatic rings. The van der Waals surface area contributed by atoms with Crippen molar-refractivity contribution in [3.63, 3.8) is 0 Å². The Balaban J connectivity index is 2.32. The van der Waals surface area contributed by atoms with Crippen molar-refractivity contribution in [2.24, 2.45) is 0 Å². The second kappa shape index (κ2) is 6.15. The number of hydrogen-bond donors (Lipinski definition) is 0. The van der Waals surface area contributed by atoms with Gasteiger partial charge in [0, 0.05) is 31.4 Å². The zero-order valence-corrected chi connectivity index (χ0v) is 15.8. The first-order valence-corrected chi connectivity index (χ1v) is 8.43. The van der Waals surface area contributed by atoms with Crippen LogP contribution in [-0.4, -0.2) is 39.4 Å². The van der Waals surface area contributed by atoms with E-state index in [0.29, 0.717) is 11.3 Å². The Morgan fingerprint density at radius 1 is 1.20 bits per heavy atom. The average molecular weight is 357 g/mol. The van der Waals surface area contributed by atoms with Gasteiger partial charge in [0.1, 0.15) is 11.3 Å². The fourth-order valence-electron chi connectivity index (χ4n) is 2.73. The number of fused-ring (bicyclic) bond motifs is 1. The molecule has 5 nitrogen and oxygen atoms in total. The van der Waals surface area contributed by atoms with Gasteiger partial charge in [-0.2, -0.15) is 4.98 Å². The third-order valence-electron chi connectivity index (χ3n) is 4.11. The van der Waals surface area contributed by atoms with E-state index in [2.05, 4.69) is 42.9 Å². The largest absolute Gasteiger partial charge is 0.343 e. The van der Waals surface area contributed by atoms with Gasteiger partial charge in [-0.1, -0.05) is 32.9 Å². The van der Waals surface area contributed by atoms with E-state index in [4.69, 9.17) is 11.6 Å². The molecule has 0 saturated heterocycles. The molecule has 0 aliphatic carbocycles. The third-order valence-corrected chi connectivity index (χ3v) is 4.29. The SMILES string of the molecule is CN(C)C(=O)c1cc2cnc(Cl)nc2n1-c1cccc(C(C)(C)C)c1. The molecule has 0 N–H and O–H groups in total. The number of halogens is 1. The number of carbonyl (C=O) groups is 1. The van der Waals surface area contributed by atoms with Crippen molar-refractivity contribution in [1.29, 1.82) is 0 Å². The quantitative estimate of drug-likeness (QED) is 0.650. The van der Waals surface area contributed by atoms with Crippen molar-refractivity contribution in [2.75, 3.05) is 14.1 Å². The van der Waals surface area contributed by atoms with Gasteiger partial charge in [-0.25, -0.2) is 4.98 Å². The number of rotatable bonds is 2. The standard InChI is InChI=1S/C19H21ClN4O/c1-19(2,3)13-7-6-8-14(10-13)24-15(17(25)23(4)5)9-12-11-21-18(20)22-16(12)24/h6-11H,1-5H3. The highest BCUT2D eigenvalue weighted by Crippen LogP contribution is 2.28. The van der Waals surface area contributed by atoms with Gasteiger partial charge in [0.25, 0.3) is 5.91 Å². The Bertz CT molecular complexity index is 954. The van der Waals surface area contributed by atoms with Crippen molar-refractivity contribution >= 4 is 28.5 Å². The Morgan fingerprint density at radius 2 is 1.92 bits per heavy atom. The molecule has 0 radical (unpaired) electrons. The van der Waals surface area contributed by atoms with Crippen LogP contribution < -0.4 is 0 Å². The van der Waals surface area contributed by atoms with Crippen LogP contribution in [0.4, 0.5) is 0 Å². The van der Waals surface area contributed by atoms with Gasteiger partial charge < -0.3 is 4.90 Å². The maximum absolute atomic E-state index is 12.7. The Kier molecular flexibility index (Phi) is 4.29. The summed E-state index contributed by atoms with van der Waals surface area (Å²) in [5, 5.41) is 0.929. The maximum atomic E-state index is 12.7. The molecule has 0 aliphatic rings. The average Bonchev–Trinajstić information content (AvgIpc) is 2.91. The molecule has 0 bridgehead atoms. The van der Waals surface area contributed by atoms with E-state index in [-0.39, 0.29) is 16.6 Å². The van der Waals surface area contributed by atoms with Crippen LogP contribution >= 0.6 is 11.6 Å². The van der Waals surface area contributed by atoms with E-state index >= 15 is 0 Å². The van der Waals surface area contributed by atoms with Gasteiger partial charge in [-0.05, 0) is 40.8 Å². The zero-order valence-electron chi connectivity index (χ0n) is 15.0. The summed E-state index contributed by atoms with van der Waals surface area (Å²) in [5.74, 6) is -0.102. The molecule has 0 atom stereocenters. The number of aromatic nitrogens is 3. The summed E-state index contributed by atoms with van der Waals surface area (Å²) in [6.07, 6.45) is 1.64. The van der Waals surface area contributed by atoms with Crippen molar-refractivity contribution in [1.82, 2.24) is 19.4 Å². The van der Waals surface area contributed by atoms with E-state index in [1.165, 1.54) is 5.56 Å². The molecule has 25 heavy (non-hydrogen) atoms. The summed E-state index contributed by atoms with van der Waals surface area (Å²) in [6.45, 7) is 6.47. The predicted molar refractivity (Wildman–Crippen MR) is 101 cm³/mol. The minimum Gasteiger partial charge on any atom is -0.343 e. The van der Waals surface area contributed by atoms with Gasteiger partial charge in [0.2, 0.25) is 5.28 Å². The van der Waals surface area contributed by atoms with E-state index in [1.54, 1.807) is 31.3 Å². The van der Waals surface area contributed by atoms with Crippen molar-refractivity contribution in [2.45, 2.75) is 26.2 Å². The van der Waals surface area contributed by atoms with Crippen molar-refractivity contribution in [3.8, 4) is 5.69 Å². The molecule has 2 heterocycles. The molecule has 0 saturated carbocycles. The minimum atomic E-state index is -0.102. The first-order valence-electron chi connectivity index (χ1n) is 8.05. The number of carbonyl (C=O) groups excluding carboxylic acids is 1. The first-order chi connectivity index (χ1) is 11.7. The van der Waals surface area contributed by atoms with Crippen LogP contribution in [0.5, 0.6) is 0 Å². The van der Waals surface area contributed by atoms with Crippen molar-refractivity contribution in [3.05, 3.63) is 53.1 Å². The second-order valence-corrected chi connectivity index (χ2v) is 7.62. The second-order valence-electron chi connectivity index (χ2n) is 7.28. The van der Waals surface area contributed by atoms with Crippen LogP contribution in [0.3, 0.4) is 0 Å². The van der Waals surface area contributed by atoms with Crippen LogP contribution in [0, 0.1) is 0 Å². The number of nitrogens with zero attached hydrogens (tertiary/aromatic N) is 4. The van der Waals surface area contributed by atoms with Gasteiger partial charge >= 0.3 is 0 Å². The summed E-state index contributed by atoms with van der Waals surface area (Å²) in [7, 11) is 3.46. The predicted octanol–water partition coefficient (Wildman–Crippen LogP) is 4.07. The summed E-state index contributed by atoms with van der Waals surface area (Å²) in [5.41, 5.74) is 3.20. The van der Waals surface area contributed by atoms with Crippen LogP contribution in [0.15, 0.2) is 36.5 Å². The molecule has 2 aromatic heterocycles. The lowest BCUT2D eigenvalue weighted by molar-refractivity contribution is 0.0820. The lowest BCUT2D eigenvalue weighted by atomic mass is 9.87. The van der Waals surface area contributed by atoms with Crippen LogP contribution in [0.25, 0.3) is 16.7 Å². The molecule has 0 fully saturated rings. The van der Waals surface area contributed by atoms with Gasteiger partial charge in [0.05, 0.1) is 0 Å². The van der Waals surface area contributed by atoms with E-state index in [1.807, 2.05) is 16.7 Å². The monoisotopic (exact) mass is 356 g/mol. The molecule has 1 amide bonds. The lowest BCUT2D eigenvalue weighted by Gasteiger charge is -2.21. The first kappa shape index (κ1) is 17.4. The number of amides is 1. The van der Waals surface area contributed by atoms with Gasteiger partial charge in [-0.3, -0.25) is 9.36 Å². The maximum Gasteiger partial charge on any atom is 0.270 e. The molecule has 130 valence electrons. The number of benzene rings is 1. The highest BCUT2D eigenvalue weighted by atomic mass is 35.5. The van der Waals surface area contributed by atoms with Crippen LogP contribution in [-0.2, 0) is 5.41 Å². The molecule has 3 rings (SSSR count). The number of hydrogen-bond acceptors (Lipinski definition) is 3. The molecule has 0 unspecified atom stereocenters. The zero-order chi connectivity index (χ0) is 18.4. The Hall–Kier alpha value is -2.40. The summed E-state index contributed by atoms with van der Waals surface area (Å²) in [4.78, 5) is 22.6. The summed E-state index contributed by atoms with van der Waals surface area (Å²) in [6, 6.07) is 9.94. The Labute approximate surface area is 152 Å². The third kappa shape index (κ3) is 3.24. The minimum absolute atomic E-state index is 0.00266. The molecular formula is C19H21ClN4O. The summed E-state index contributed by atoms with van der Waals surface area (Å²) >= 11 is 6.00. The van der Waals surface area contributed by atoms with Gasteiger partial charge in [0.15, 0.2) is 0 Å². The normalized spacial score (nSPS) is 11.8. The fourth-order valence-corrected chi connectivity index (χ4v) is 2.86. The molecule has 6 heteroatoms. The highest BCUT2D eigenvalue weighted by molar-refractivity contribution is 6.28. The molecule has 0 spiro atoms. The molecule has 1 aromatic carbocycles. The smallest absolute Gasteiger partial charge is 0.270 e. The topological polar surface area (TPSA) is 51.0 Å². The summed E-state index contributed by atoms with van der Waals surface area (Å²) < 4.78 is 1.85. The van der Waals surface area contributed by atoms with E-state index in [9.17, 15) is 4.79 Å². The Morgan fingerprint density at radius 3 is 2.56 bits per heavy atom. The van der Waals surface area contributed by atoms with E-state index < -0.39 is 0 Å². The van der Waals surface area contributed by atoms with Crippen LogP contribution in [0.1, 0.15) is 36.8 Å². The van der Waals surface area contributed by atoms with Gasteiger partial charge in [-0.15, -0.1) is 0 Å². The van der Waals surface area contributed by atoms with Crippen molar-refractivity contribution < 1.29 is 4.79 Å². The highest BCUT2D eigenvalue weighted by Gasteiger charge is 2.21. The lowest BCUT2D eigenvalue weighted by Crippen LogP contribution is -2.24. The van der Waals surface area contributed by atoms with E-state index in [0.717, 1.165) is 11.1 Å². The molecular weight excluding hydrogens is 336 g/mol.